The molecule has 0 aliphatic carbocycles. The van der Waals surface area contributed by atoms with Crippen molar-refractivity contribution in [3.8, 4) is 11.5 Å². The summed E-state index contributed by atoms with van der Waals surface area (Å²) in [5, 5.41) is 5.67. The van der Waals surface area contributed by atoms with Gasteiger partial charge in [0.15, 0.2) is 11.5 Å². The zero-order valence-electron chi connectivity index (χ0n) is 15.1. The minimum Gasteiger partial charge on any atom is -0.454 e. The van der Waals surface area contributed by atoms with Crippen molar-refractivity contribution in [3.05, 3.63) is 47.7 Å². The molecule has 0 unspecified atom stereocenters. The van der Waals surface area contributed by atoms with E-state index in [1.165, 1.54) is 0 Å². The van der Waals surface area contributed by atoms with Crippen molar-refractivity contribution in [1.29, 1.82) is 0 Å². The largest absolute Gasteiger partial charge is 0.454 e. The molecule has 0 saturated heterocycles. The molecule has 1 aliphatic heterocycles. The Morgan fingerprint density at radius 3 is 2.42 bits per heavy atom. The van der Waals surface area contributed by atoms with Gasteiger partial charge in [0.1, 0.15) is 5.82 Å². The number of ether oxygens (including phenoxy) is 2. The topological polar surface area (TPSA) is 75.7 Å². The number of carbonyl (C=O) groups is 1. The molecule has 2 amide bonds. The number of hydrogen-bond donors (Lipinski definition) is 2. The highest BCUT2D eigenvalue weighted by atomic mass is 16.7. The molecule has 26 heavy (non-hydrogen) atoms. The third kappa shape index (κ3) is 4.36. The number of benzene rings is 1. The molecule has 7 nitrogen and oxygen atoms in total. The lowest BCUT2D eigenvalue weighted by Crippen LogP contribution is -2.34. The number of hydrogen-bond acceptors (Lipinski definition) is 5. The number of anilines is 1. The Balaban J connectivity index is 1.45. The van der Waals surface area contributed by atoms with E-state index in [4.69, 9.17) is 9.47 Å². The molecule has 2 aromatic rings. The van der Waals surface area contributed by atoms with E-state index >= 15 is 0 Å². The fraction of sp³-hybridized carbons (Fsp3) is 0.368. The van der Waals surface area contributed by atoms with E-state index in [2.05, 4.69) is 34.4 Å². The van der Waals surface area contributed by atoms with Crippen LogP contribution in [-0.2, 0) is 13.1 Å². The second kappa shape index (κ2) is 8.42. The Bertz CT molecular complexity index is 745. The third-order valence-electron chi connectivity index (χ3n) is 4.24. The maximum Gasteiger partial charge on any atom is 0.315 e. The average Bonchev–Trinajstić information content (AvgIpc) is 3.14. The number of pyridine rings is 1. The molecule has 7 heteroatoms. The van der Waals surface area contributed by atoms with Crippen LogP contribution in [0, 0.1) is 0 Å². The lowest BCUT2D eigenvalue weighted by Gasteiger charge is -2.19. The van der Waals surface area contributed by atoms with Crippen molar-refractivity contribution in [2.45, 2.75) is 26.9 Å². The standard InChI is InChI=1S/C19H24N4O3/c1-3-23(4-2)18-8-6-15(11-20-18)12-22-19(24)21-10-14-5-7-16-17(9-14)26-13-25-16/h5-9,11H,3-4,10,12-13H2,1-2H3,(H2,21,22,24). The van der Waals surface area contributed by atoms with Gasteiger partial charge in [-0.05, 0) is 43.2 Å². The monoisotopic (exact) mass is 356 g/mol. The molecule has 138 valence electrons. The molecular formula is C19H24N4O3. The van der Waals surface area contributed by atoms with Crippen molar-refractivity contribution >= 4 is 11.8 Å². The molecule has 0 bridgehead atoms. The maximum absolute atomic E-state index is 12.0. The van der Waals surface area contributed by atoms with Gasteiger partial charge < -0.3 is 25.0 Å². The van der Waals surface area contributed by atoms with Crippen LogP contribution in [0.2, 0.25) is 0 Å². The molecule has 2 N–H and O–H groups in total. The molecule has 0 saturated carbocycles. The third-order valence-corrected chi connectivity index (χ3v) is 4.24. The Morgan fingerprint density at radius 2 is 1.73 bits per heavy atom. The minimum atomic E-state index is -0.226. The van der Waals surface area contributed by atoms with Crippen molar-refractivity contribution in [1.82, 2.24) is 15.6 Å². The Labute approximate surface area is 153 Å². The summed E-state index contributed by atoms with van der Waals surface area (Å²) in [5.41, 5.74) is 1.91. The number of carbonyl (C=O) groups excluding carboxylic acids is 1. The molecule has 0 fully saturated rings. The van der Waals surface area contributed by atoms with Crippen LogP contribution in [0.4, 0.5) is 10.6 Å². The molecule has 0 radical (unpaired) electrons. The predicted molar refractivity (Wildman–Crippen MR) is 99.4 cm³/mol. The number of fused-ring (bicyclic) bond motifs is 1. The molecule has 2 heterocycles. The van der Waals surface area contributed by atoms with Crippen LogP contribution in [0.15, 0.2) is 36.5 Å². The highest BCUT2D eigenvalue weighted by molar-refractivity contribution is 5.73. The Morgan fingerprint density at radius 1 is 1.04 bits per heavy atom. The summed E-state index contributed by atoms with van der Waals surface area (Å²) in [6, 6.07) is 9.37. The van der Waals surface area contributed by atoms with Crippen LogP contribution in [0.25, 0.3) is 0 Å². The van der Waals surface area contributed by atoms with Gasteiger partial charge in [-0.1, -0.05) is 12.1 Å². The SMILES string of the molecule is CCN(CC)c1ccc(CNC(=O)NCc2ccc3c(c2)OCO3)cn1. The van der Waals surface area contributed by atoms with Gasteiger partial charge in [-0.15, -0.1) is 0 Å². The number of nitrogens with one attached hydrogen (secondary N) is 2. The second-order valence-corrected chi connectivity index (χ2v) is 5.92. The highest BCUT2D eigenvalue weighted by Crippen LogP contribution is 2.32. The summed E-state index contributed by atoms with van der Waals surface area (Å²) in [7, 11) is 0. The van der Waals surface area contributed by atoms with E-state index in [9.17, 15) is 4.79 Å². The van der Waals surface area contributed by atoms with Crippen molar-refractivity contribution in [3.63, 3.8) is 0 Å². The van der Waals surface area contributed by atoms with Crippen LogP contribution in [-0.4, -0.2) is 30.9 Å². The molecule has 0 atom stereocenters. The van der Waals surface area contributed by atoms with Gasteiger partial charge in [0.05, 0.1) is 0 Å². The Hall–Kier alpha value is -2.96. The first kappa shape index (κ1) is 17.8. The minimum absolute atomic E-state index is 0.226. The lowest BCUT2D eigenvalue weighted by molar-refractivity contribution is 0.174. The average molecular weight is 356 g/mol. The lowest BCUT2D eigenvalue weighted by atomic mass is 10.2. The van der Waals surface area contributed by atoms with E-state index in [0.29, 0.717) is 18.8 Å². The van der Waals surface area contributed by atoms with Crippen LogP contribution >= 0.6 is 0 Å². The van der Waals surface area contributed by atoms with Crippen LogP contribution in [0.3, 0.4) is 0 Å². The molecule has 3 rings (SSSR count). The van der Waals surface area contributed by atoms with Crippen LogP contribution in [0.5, 0.6) is 11.5 Å². The molecule has 1 aliphatic rings. The zero-order chi connectivity index (χ0) is 18.4. The normalized spacial score (nSPS) is 11.9. The van der Waals surface area contributed by atoms with Crippen LogP contribution < -0.4 is 25.0 Å². The number of nitrogens with zero attached hydrogens (tertiary/aromatic N) is 2. The van der Waals surface area contributed by atoms with E-state index in [0.717, 1.165) is 35.8 Å². The summed E-state index contributed by atoms with van der Waals surface area (Å²) < 4.78 is 10.6. The van der Waals surface area contributed by atoms with Gasteiger partial charge in [0, 0.05) is 32.4 Å². The van der Waals surface area contributed by atoms with Gasteiger partial charge >= 0.3 is 6.03 Å². The first-order valence-corrected chi connectivity index (χ1v) is 8.79. The highest BCUT2D eigenvalue weighted by Gasteiger charge is 2.13. The smallest absolute Gasteiger partial charge is 0.315 e. The summed E-state index contributed by atoms with van der Waals surface area (Å²) in [4.78, 5) is 18.6. The summed E-state index contributed by atoms with van der Waals surface area (Å²) in [5.74, 6) is 2.40. The van der Waals surface area contributed by atoms with E-state index in [1.54, 1.807) is 6.20 Å². The van der Waals surface area contributed by atoms with Gasteiger partial charge in [0.2, 0.25) is 6.79 Å². The first-order valence-electron chi connectivity index (χ1n) is 8.79. The van der Waals surface area contributed by atoms with Crippen LogP contribution in [0.1, 0.15) is 25.0 Å². The number of amides is 2. The van der Waals surface area contributed by atoms with E-state index in [1.807, 2.05) is 30.3 Å². The molecule has 1 aromatic heterocycles. The first-order chi connectivity index (χ1) is 12.7. The summed E-state index contributed by atoms with van der Waals surface area (Å²) in [6.45, 7) is 7.14. The summed E-state index contributed by atoms with van der Waals surface area (Å²) >= 11 is 0. The van der Waals surface area contributed by atoms with Gasteiger partial charge in [0.25, 0.3) is 0 Å². The van der Waals surface area contributed by atoms with Crippen molar-refractivity contribution < 1.29 is 14.3 Å². The summed E-state index contributed by atoms with van der Waals surface area (Å²) in [6.07, 6.45) is 1.80. The molecular weight excluding hydrogens is 332 g/mol. The maximum atomic E-state index is 12.0. The number of rotatable bonds is 7. The van der Waals surface area contributed by atoms with Crippen molar-refractivity contribution in [2.75, 3.05) is 24.8 Å². The molecule has 1 aromatic carbocycles. The second-order valence-electron chi connectivity index (χ2n) is 5.92. The van der Waals surface area contributed by atoms with E-state index < -0.39 is 0 Å². The van der Waals surface area contributed by atoms with Gasteiger partial charge in [-0.2, -0.15) is 0 Å². The quantitative estimate of drug-likeness (QED) is 0.798. The zero-order valence-corrected chi connectivity index (χ0v) is 15.1. The molecule has 0 spiro atoms. The Kier molecular flexibility index (Phi) is 5.78. The predicted octanol–water partition coefficient (Wildman–Crippen LogP) is 2.66. The fourth-order valence-electron chi connectivity index (χ4n) is 2.73. The van der Waals surface area contributed by atoms with Gasteiger partial charge in [-0.25, -0.2) is 9.78 Å². The van der Waals surface area contributed by atoms with Crippen molar-refractivity contribution in [2.24, 2.45) is 0 Å². The van der Waals surface area contributed by atoms with E-state index in [-0.39, 0.29) is 12.8 Å². The van der Waals surface area contributed by atoms with Gasteiger partial charge in [-0.3, -0.25) is 0 Å². The number of urea groups is 1. The fourth-order valence-corrected chi connectivity index (χ4v) is 2.73. The number of aromatic nitrogens is 1.